The molecule has 0 bridgehead atoms. The quantitative estimate of drug-likeness (QED) is 0.560. The van der Waals surface area contributed by atoms with Crippen LogP contribution in [0, 0.1) is 0 Å². The number of thioether (sulfide) groups is 1. The highest BCUT2D eigenvalue weighted by Gasteiger charge is 2.10. The van der Waals surface area contributed by atoms with Crippen LogP contribution in [0.25, 0.3) is 0 Å². The molecule has 0 spiro atoms. The van der Waals surface area contributed by atoms with Gasteiger partial charge >= 0.3 is 0 Å². The van der Waals surface area contributed by atoms with E-state index in [2.05, 4.69) is 37.4 Å². The van der Waals surface area contributed by atoms with Crippen molar-refractivity contribution in [2.45, 2.75) is 32.7 Å². The fourth-order valence-electron chi connectivity index (χ4n) is 1.05. The van der Waals surface area contributed by atoms with Crippen LogP contribution in [0.3, 0.4) is 0 Å². The highest BCUT2D eigenvalue weighted by Crippen LogP contribution is 2.03. The molecule has 1 unspecified atom stereocenters. The number of nitrogens with one attached hydrogen (secondary N) is 1. The molecular formula is C10H22N2S2. The largest absolute Gasteiger partial charge is 0.363 e. The van der Waals surface area contributed by atoms with E-state index in [1.807, 2.05) is 11.8 Å². The maximum atomic E-state index is 5.29. The maximum absolute atomic E-state index is 5.29. The summed E-state index contributed by atoms with van der Waals surface area (Å²) in [5, 5.41) is 4.15. The minimum Gasteiger partial charge on any atom is -0.363 e. The van der Waals surface area contributed by atoms with E-state index in [1.54, 1.807) is 0 Å². The van der Waals surface area contributed by atoms with Crippen LogP contribution < -0.4 is 5.32 Å². The third kappa shape index (κ3) is 5.70. The van der Waals surface area contributed by atoms with Gasteiger partial charge in [0.15, 0.2) is 5.11 Å². The summed E-state index contributed by atoms with van der Waals surface area (Å²) >= 11 is 7.14. The molecule has 0 rings (SSSR count). The van der Waals surface area contributed by atoms with E-state index in [9.17, 15) is 0 Å². The SMILES string of the molecule is CCCCNC(=S)N(C)C(C)CSC. The third-order valence-electron chi connectivity index (χ3n) is 2.20. The summed E-state index contributed by atoms with van der Waals surface area (Å²) in [6.07, 6.45) is 4.52. The average Bonchev–Trinajstić information content (AvgIpc) is 2.17. The molecule has 0 aliphatic heterocycles. The monoisotopic (exact) mass is 234 g/mol. The first-order valence-electron chi connectivity index (χ1n) is 5.13. The van der Waals surface area contributed by atoms with Gasteiger partial charge in [0.1, 0.15) is 0 Å². The molecule has 0 aromatic heterocycles. The molecule has 0 saturated heterocycles. The molecule has 0 heterocycles. The van der Waals surface area contributed by atoms with Crippen molar-refractivity contribution in [3.8, 4) is 0 Å². The van der Waals surface area contributed by atoms with Crippen LogP contribution in [0.1, 0.15) is 26.7 Å². The molecule has 14 heavy (non-hydrogen) atoms. The number of nitrogens with zero attached hydrogens (tertiary/aromatic N) is 1. The summed E-state index contributed by atoms with van der Waals surface area (Å²) in [7, 11) is 2.06. The van der Waals surface area contributed by atoms with Crippen LogP contribution in [0.15, 0.2) is 0 Å². The molecule has 1 N–H and O–H groups in total. The third-order valence-corrected chi connectivity index (χ3v) is 3.44. The van der Waals surface area contributed by atoms with Gasteiger partial charge in [0.05, 0.1) is 0 Å². The van der Waals surface area contributed by atoms with Crippen molar-refractivity contribution in [3.05, 3.63) is 0 Å². The number of hydrogen-bond donors (Lipinski definition) is 1. The van der Waals surface area contributed by atoms with Gasteiger partial charge in [0.25, 0.3) is 0 Å². The van der Waals surface area contributed by atoms with Gasteiger partial charge < -0.3 is 10.2 Å². The van der Waals surface area contributed by atoms with E-state index in [0.717, 1.165) is 17.4 Å². The molecule has 0 aromatic carbocycles. The number of hydrogen-bond acceptors (Lipinski definition) is 2. The fraction of sp³-hybridized carbons (Fsp3) is 0.900. The first kappa shape index (κ1) is 14.0. The molecule has 4 heteroatoms. The van der Waals surface area contributed by atoms with Crippen LogP contribution in [0.2, 0.25) is 0 Å². The van der Waals surface area contributed by atoms with Crippen molar-refractivity contribution >= 4 is 29.1 Å². The Hall–Kier alpha value is 0.0400. The molecule has 2 nitrogen and oxygen atoms in total. The standard InChI is InChI=1S/C10H22N2S2/c1-5-6-7-11-10(13)12(3)9(2)8-14-4/h9H,5-8H2,1-4H3,(H,11,13). The Morgan fingerprint density at radius 1 is 1.57 bits per heavy atom. The second-order valence-corrected chi connectivity index (χ2v) is 4.80. The Morgan fingerprint density at radius 3 is 2.71 bits per heavy atom. The zero-order valence-corrected chi connectivity index (χ0v) is 11.3. The molecule has 0 aromatic rings. The molecule has 0 aliphatic rings. The number of rotatable bonds is 6. The Labute approximate surface area is 97.8 Å². The molecule has 0 amide bonds. The topological polar surface area (TPSA) is 15.3 Å². The second-order valence-electron chi connectivity index (χ2n) is 3.50. The lowest BCUT2D eigenvalue weighted by molar-refractivity contribution is 0.415. The van der Waals surface area contributed by atoms with Crippen LogP contribution in [-0.4, -0.2) is 41.7 Å². The van der Waals surface area contributed by atoms with Gasteiger partial charge in [0, 0.05) is 25.4 Å². The summed E-state index contributed by atoms with van der Waals surface area (Å²) in [5.74, 6) is 1.12. The lowest BCUT2D eigenvalue weighted by atomic mass is 10.3. The van der Waals surface area contributed by atoms with Crippen molar-refractivity contribution in [3.63, 3.8) is 0 Å². The normalized spacial score (nSPS) is 12.3. The summed E-state index contributed by atoms with van der Waals surface area (Å²) in [4.78, 5) is 2.14. The molecule has 0 radical (unpaired) electrons. The second kappa shape index (κ2) is 8.36. The Morgan fingerprint density at radius 2 is 2.21 bits per heavy atom. The first-order chi connectivity index (χ1) is 6.63. The van der Waals surface area contributed by atoms with E-state index >= 15 is 0 Å². The van der Waals surface area contributed by atoms with E-state index in [1.165, 1.54) is 12.8 Å². The van der Waals surface area contributed by atoms with Gasteiger partial charge in [-0.3, -0.25) is 0 Å². The van der Waals surface area contributed by atoms with Gasteiger partial charge in [0.2, 0.25) is 0 Å². The van der Waals surface area contributed by atoms with Gasteiger partial charge in [-0.15, -0.1) is 0 Å². The van der Waals surface area contributed by atoms with Crippen molar-refractivity contribution in [1.29, 1.82) is 0 Å². The molecular weight excluding hydrogens is 212 g/mol. The predicted octanol–water partition coefficient (Wildman–Crippen LogP) is 2.34. The first-order valence-corrected chi connectivity index (χ1v) is 6.93. The summed E-state index contributed by atoms with van der Waals surface area (Å²) in [6.45, 7) is 5.38. The van der Waals surface area contributed by atoms with E-state index in [0.29, 0.717) is 6.04 Å². The zero-order chi connectivity index (χ0) is 11.0. The minimum atomic E-state index is 0.506. The summed E-state index contributed by atoms with van der Waals surface area (Å²) in [5.41, 5.74) is 0. The number of thiocarbonyl (C=S) groups is 1. The molecule has 84 valence electrons. The molecule has 1 atom stereocenters. The maximum Gasteiger partial charge on any atom is 0.168 e. The summed E-state index contributed by atoms with van der Waals surface area (Å²) < 4.78 is 0. The van der Waals surface area contributed by atoms with Crippen molar-refractivity contribution in [2.24, 2.45) is 0 Å². The highest BCUT2D eigenvalue weighted by atomic mass is 32.2. The van der Waals surface area contributed by atoms with Gasteiger partial charge in [-0.2, -0.15) is 11.8 Å². The van der Waals surface area contributed by atoms with Gasteiger partial charge in [-0.1, -0.05) is 13.3 Å². The van der Waals surface area contributed by atoms with Gasteiger partial charge in [-0.25, -0.2) is 0 Å². The molecule has 0 saturated carbocycles. The molecule has 0 fully saturated rings. The zero-order valence-electron chi connectivity index (χ0n) is 9.67. The fourth-order valence-corrected chi connectivity index (χ4v) is 2.04. The minimum absolute atomic E-state index is 0.506. The van der Waals surface area contributed by atoms with Crippen LogP contribution >= 0.6 is 24.0 Å². The highest BCUT2D eigenvalue weighted by molar-refractivity contribution is 7.98. The van der Waals surface area contributed by atoms with E-state index in [-0.39, 0.29) is 0 Å². The lowest BCUT2D eigenvalue weighted by Gasteiger charge is -2.27. The van der Waals surface area contributed by atoms with Crippen molar-refractivity contribution in [1.82, 2.24) is 10.2 Å². The Kier molecular flexibility index (Phi) is 8.38. The Bertz CT molecular complexity index is 162. The van der Waals surface area contributed by atoms with Crippen LogP contribution in [0.4, 0.5) is 0 Å². The van der Waals surface area contributed by atoms with Crippen LogP contribution in [-0.2, 0) is 0 Å². The Balaban J connectivity index is 3.74. The average molecular weight is 234 g/mol. The lowest BCUT2D eigenvalue weighted by Crippen LogP contribution is -2.43. The predicted molar refractivity (Wildman–Crippen MR) is 71.1 cm³/mol. The van der Waals surface area contributed by atoms with Gasteiger partial charge in [-0.05, 0) is 31.8 Å². The van der Waals surface area contributed by atoms with E-state index < -0.39 is 0 Å². The molecule has 0 aliphatic carbocycles. The smallest absolute Gasteiger partial charge is 0.168 e. The van der Waals surface area contributed by atoms with Crippen LogP contribution in [0.5, 0.6) is 0 Å². The van der Waals surface area contributed by atoms with Crippen molar-refractivity contribution in [2.75, 3.05) is 25.6 Å². The van der Waals surface area contributed by atoms with Crippen molar-refractivity contribution < 1.29 is 0 Å². The summed E-state index contributed by atoms with van der Waals surface area (Å²) in [6, 6.07) is 0.506. The number of unbranched alkanes of at least 4 members (excludes halogenated alkanes) is 1. The van der Waals surface area contributed by atoms with E-state index in [4.69, 9.17) is 12.2 Å².